The molecule has 1 fully saturated rings. The average molecular weight is 296 g/mol. The predicted octanol–water partition coefficient (Wildman–Crippen LogP) is 3.04. The highest BCUT2D eigenvalue weighted by molar-refractivity contribution is 5.29. The number of piperazine rings is 1. The number of benzene rings is 1. The number of ether oxygens (including phenoxy) is 1. The van der Waals surface area contributed by atoms with E-state index in [1.54, 1.807) is 12.1 Å². The first kappa shape index (κ1) is 17.9. The largest absolute Gasteiger partial charge is 0.489 e. The molecule has 0 N–H and O–H groups in total. The summed E-state index contributed by atoms with van der Waals surface area (Å²) < 4.78 is 19.2. The van der Waals surface area contributed by atoms with Crippen molar-refractivity contribution < 1.29 is 9.13 Å². The van der Waals surface area contributed by atoms with Crippen LogP contribution in [0, 0.1) is 5.82 Å². The molecule has 0 atom stereocenters. The van der Waals surface area contributed by atoms with Crippen molar-refractivity contribution >= 4 is 0 Å². The Labute approximate surface area is 128 Å². The van der Waals surface area contributed by atoms with Gasteiger partial charge in [-0.25, -0.2) is 4.39 Å². The lowest BCUT2D eigenvalue weighted by Crippen LogP contribution is -2.45. The summed E-state index contributed by atoms with van der Waals surface area (Å²) in [5.74, 6) is 0.115. The Balaban J connectivity index is 0.00000106. The highest BCUT2D eigenvalue weighted by atomic mass is 19.1. The van der Waals surface area contributed by atoms with Crippen LogP contribution in [0.5, 0.6) is 5.75 Å². The molecule has 0 aliphatic carbocycles. The summed E-state index contributed by atoms with van der Waals surface area (Å²) in [5.41, 5.74) is 1.00. The van der Waals surface area contributed by atoms with Gasteiger partial charge in [-0.3, -0.25) is 4.90 Å². The van der Waals surface area contributed by atoms with Crippen LogP contribution >= 0.6 is 0 Å². The number of likely N-dealkylation sites (N-methyl/N-ethyl adjacent to an activating group) is 1. The number of halogens is 1. The number of rotatable bonds is 5. The molecule has 21 heavy (non-hydrogen) atoms. The van der Waals surface area contributed by atoms with Crippen molar-refractivity contribution in [1.29, 1.82) is 0 Å². The van der Waals surface area contributed by atoms with Crippen LogP contribution in [0.15, 0.2) is 18.2 Å². The van der Waals surface area contributed by atoms with Gasteiger partial charge in [-0.1, -0.05) is 26.8 Å². The van der Waals surface area contributed by atoms with Crippen LogP contribution in [-0.4, -0.2) is 56.2 Å². The fraction of sp³-hybridized carbons (Fsp3) is 0.647. The molecule has 0 bridgehead atoms. The summed E-state index contributed by atoms with van der Waals surface area (Å²) in [4.78, 5) is 4.68. The lowest BCUT2D eigenvalue weighted by molar-refractivity contribution is 0.132. The molecule has 1 saturated heterocycles. The molecule has 0 saturated carbocycles. The minimum Gasteiger partial charge on any atom is -0.489 e. The monoisotopic (exact) mass is 296 g/mol. The second-order valence-corrected chi connectivity index (χ2v) is 5.11. The molecule has 1 aliphatic heterocycles. The second kappa shape index (κ2) is 9.74. The van der Waals surface area contributed by atoms with E-state index in [2.05, 4.69) is 16.8 Å². The van der Waals surface area contributed by atoms with Crippen LogP contribution in [0.4, 0.5) is 4.39 Å². The lowest BCUT2D eigenvalue weighted by Gasteiger charge is -2.32. The van der Waals surface area contributed by atoms with E-state index in [1.165, 1.54) is 0 Å². The van der Waals surface area contributed by atoms with Gasteiger partial charge in [0, 0.05) is 32.7 Å². The standard InChI is InChI=1S/C15H23FN2O.C2H6/c1-3-13-4-5-15(14(16)12-13)19-11-10-18-8-6-17(2)7-9-18;1-2/h4-5,12H,3,6-11H2,1-2H3;1-2H3. The number of hydrogen-bond acceptors (Lipinski definition) is 3. The molecule has 2 rings (SSSR count). The minimum atomic E-state index is -0.252. The Morgan fingerprint density at radius 2 is 1.81 bits per heavy atom. The molecular weight excluding hydrogens is 267 g/mol. The Morgan fingerprint density at radius 1 is 1.14 bits per heavy atom. The Morgan fingerprint density at radius 3 is 2.38 bits per heavy atom. The highest BCUT2D eigenvalue weighted by Crippen LogP contribution is 2.18. The summed E-state index contributed by atoms with van der Waals surface area (Å²) in [5, 5.41) is 0. The van der Waals surface area contributed by atoms with Gasteiger partial charge in [-0.05, 0) is 31.2 Å². The highest BCUT2D eigenvalue weighted by Gasteiger charge is 2.13. The van der Waals surface area contributed by atoms with E-state index in [9.17, 15) is 4.39 Å². The molecule has 3 nitrogen and oxygen atoms in total. The first-order chi connectivity index (χ1) is 10.2. The maximum absolute atomic E-state index is 13.7. The third-order valence-corrected chi connectivity index (χ3v) is 3.67. The maximum atomic E-state index is 13.7. The molecule has 1 aromatic rings. The third kappa shape index (κ3) is 6.02. The van der Waals surface area contributed by atoms with Crippen molar-refractivity contribution in [1.82, 2.24) is 9.80 Å². The molecule has 120 valence electrons. The van der Waals surface area contributed by atoms with Crippen molar-refractivity contribution in [2.24, 2.45) is 0 Å². The molecule has 1 aliphatic rings. The van der Waals surface area contributed by atoms with E-state index < -0.39 is 0 Å². The zero-order chi connectivity index (χ0) is 15.7. The van der Waals surface area contributed by atoms with E-state index in [1.807, 2.05) is 26.8 Å². The summed E-state index contributed by atoms with van der Waals surface area (Å²) in [6, 6.07) is 5.22. The molecular formula is C17H29FN2O. The summed E-state index contributed by atoms with van der Waals surface area (Å²) in [6.45, 7) is 11.8. The van der Waals surface area contributed by atoms with Crippen molar-refractivity contribution in [2.45, 2.75) is 27.2 Å². The summed E-state index contributed by atoms with van der Waals surface area (Å²) in [7, 11) is 2.14. The first-order valence-electron chi connectivity index (χ1n) is 8.01. The van der Waals surface area contributed by atoms with E-state index in [0.717, 1.165) is 44.7 Å². The zero-order valence-corrected chi connectivity index (χ0v) is 13.9. The Hall–Kier alpha value is -1.13. The van der Waals surface area contributed by atoms with Gasteiger partial charge >= 0.3 is 0 Å². The Kier molecular flexibility index (Phi) is 8.31. The molecule has 0 aromatic heterocycles. The van der Waals surface area contributed by atoms with Gasteiger partial charge in [0.1, 0.15) is 6.61 Å². The first-order valence-corrected chi connectivity index (χ1v) is 8.01. The fourth-order valence-corrected chi connectivity index (χ4v) is 2.24. The quantitative estimate of drug-likeness (QED) is 0.830. The lowest BCUT2D eigenvalue weighted by atomic mass is 10.1. The van der Waals surface area contributed by atoms with Crippen molar-refractivity contribution in [3.63, 3.8) is 0 Å². The van der Waals surface area contributed by atoms with Crippen LogP contribution in [0.3, 0.4) is 0 Å². The summed E-state index contributed by atoms with van der Waals surface area (Å²) in [6.07, 6.45) is 0.846. The van der Waals surface area contributed by atoms with Crippen molar-refractivity contribution in [2.75, 3.05) is 46.4 Å². The van der Waals surface area contributed by atoms with Gasteiger partial charge in [0.2, 0.25) is 0 Å². The van der Waals surface area contributed by atoms with Crippen LogP contribution < -0.4 is 4.74 Å². The van der Waals surface area contributed by atoms with Crippen LogP contribution in [0.1, 0.15) is 26.3 Å². The van der Waals surface area contributed by atoms with Gasteiger partial charge in [-0.15, -0.1) is 0 Å². The number of nitrogens with zero attached hydrogens (tertiary/aromatic N) is 2. The van der Waals surface area contributed by atoms with E-state index in [4.69, 9.17) is 4.74 Å². The third-order valence-electron chi connectivity index (χ3n) is 3.67. The predicted molar refractivity (Wildman–Crippen MR) is 86.6 cm³/mol. The molecule has 4 heteroatoms. The minimum absolute atomic E-state index is 0.252. The maximum Gasteiger partial charge on any atom is 0.165 e. The number of hydrogen-bond donors (Lipinski definition) is 0. The molecule has 0 amide bonds. The van der Waals surface area contributed by atoms with Gasteiger partial charge in [0.25, 0.3) is 0 Å². The molecule has 0 unspecified atom stereocenters. The fourth-order valence-electron chi connectivity index (χ4n) is 2.24. The van der Waals surface area contributed by atoms with E-state index in [-0.39, 0.29) is 5.82 Å². The topological polar surface area (TPSA) is 15.7 Å². The zero-order valence-electron chi connectivity index (χ0n) is 13.9. The molecule has 1 heterocycles. The van der Waals surface area contributed by atoms with Crippen LogP contribution in [-0.2, 0) is 6.42 Å². The van der Waals surface area contributed by atoms with E-state index in [0.29, 0.717) is 12.4 Å². The molecule has 1 aromatic carbocycles. The van der Waals surface area contributed by atoms with Crippen molar-refractivity contribution in [3.8, 4) is 5.75 Å². The normalized spacial score (nSPS) is 16.2. The van der Waals surface area contributed by atoms with Crippen molar-refractivity contribution in [3.05, 3.63) is 29.6 Å². The summed E-state index contributed by atoms with van der Waals surface area (Å²) >= 11 is 0. The Bertz CT molecular complexity index is 404. The van der Waals surface area contributed by atoms with E-state index >= 15 is 0 Å². The SMILES string of the molecule is CC.CCc1ccc(OCCN2CCN(C)CC2)c(F)c1. The average Bonchev–Trinajstić information content (AvgIpc) is 2.52. The molecule has 0 spiro atoms. The second-order valence-electron chi connectivity index (χ2n) is 5.11. The number of aryl methyl sites for hydroxylation is 1. The van der Waals surface area contributed by atoms with Gasteiger partial charge in [0.15, 0.2) is 11.6 Å². The smallest absolute Gasteiger partial charge is 0.165 e. The van der Waals surface area contributed by atoms with Crippen LogP contribution in [0.25, 0.3) is 0 Å². The van der Waals surface area contributed by atoms with Gasteiger partial charge in [-0.2, -0.15) is 0 Å². The molecule has 0 radical (unpaired) electrons. The van der Waals surface area contributed by atoms with Gasteiger partial charge < -0.3 is 9.64 Å². The van der Waals surface area contributed by atoms with Crippen LogP contribution in [0.2, 0.25) is 0 Å². The van der Waals surface area contributed by atoms with Gasteiger partial charge in [0.05, 0.1) is 0 Å².